The maximum Gasteiger partial charge on any atom is 0.274 e. The van der Waals surface area contributed by atoms with E-state index in [1.165, 1.54) is 12.1 Å². The Morgan fingerprint density at radius 2 is 2.22 bits per heavy atom. The van der Waals surface area contributed by atoms with Crippen LogP contribution in [-0.2, 0) is 4.74 Å². The van der Waals surface area contributed by atoms with E-state index < -0.39 is 10.7 Å². The van der Waals surface area contributed by atoms with Crippen LogP contribution in [0, 0.1) is 15.9 Å². The highest BCUT2D eigenvalue weighted by atomic mass is 19.1. The zero-order valence-corrected chi connectivity index (χ0v) is 10.1. The molecule has 0 spiro atoms. The van der Waals surface area contributed by atoms with Crippen molar-refractivity contribution in [2.24, 2.45) is 0 Å². The predicted molar refractivity (Wildman–Crippen MR) is 65.1 cm³/mol. The van der Waals surface area contributed by atoms with Gasteiger partial charge in [-0.1, -0.05) is 0 Å². The lowest BCUT2D eigenvalue weighted by atomic mass is 10.2. The first kappa shape index (κ1) is 12.8. The van der Waals surface area contributed by atoms with Crippen molar-refractivity contribution in [2.75, 3.05) is 12.4 Å². The minimum atomic E-state index is -0.612. The van der Waals surface area contributed by atoms with Gasteiger partial charge in [0.05, 0.1) is 23.1 Å². The second kappa shape index (κ2) is 5.30. The highest BCUT2D eigenvalue weighted by Crippen LogP contribution is 2.27. The van der Waals surface area contributed by atoms with E-state index in [2.05, 4.69) is 5.32 Å². The van der Waals surface area contributed by atoms with Gasteiger partial charge in [0.15, 0.2) is 0 Å². The molecule has 0 amide bonds. The van der Waals surface area contributed by atoms with Crippen LogP contribution in [0.2, 0.25) is 0 Å². The molecule has 5 nitrogen and oxygen atoms in total. The number of hydrogen-bond donors (Lipinski definition) is 1. The van der Waals surface area contributed by atoms with Crippen molar-refractivity contribution in [2.45, 2.75) is 31.4 Å². The van der Waals surface area contributed by atoms with E-state index in [1.54, 1.807) is 7.11 Å². The molecule has 1 N–H and O–H groups in total. The summed E-state index contributed by atoms with van der Waals surface area (Å²) in [4.78, 5) is 10.0. The Morgan fingerprint density at radius 3 is 2.89 bits per heavy atom. The highest BCUT2D eigenvalue weighted by Gasteiger charge is 2.27. The maximum atomic E-state index is 13.3. The molecule has 2 atom stereocenters. The molecule has 2 rings (SSSR count). The van der Waals surface area contributed by atoms with Crippen LogP contribution in [0.5, 0.6) is 0 Å². The minimum Gasteiger partial charge on any atom is -0.379 e. The molecule has 1 fully saturated rings. The summed E-state index contributed by atoms with van der Waals surface area (Å²) in [5, 5.41) is 13.8. The Bertz CT molecular complexity index is 453. The number of nitrogens with zero attached hydrogens (tertiary/aromatic N) is 1. The lowest BCUT2D eigenvalue weighted by Crippen LogP contribution is -2.29. The van der Waals surface area contributed by atoms with Crippen LogP contribution in [0.25, 0.3) is 0 Å². The maximum absolute atomic E-state index is 13.3. The molecule has 0 aromatic heterocycles. The molecule has 2 unspecified atom stereocenters. The summed E-state index contributed by atoms with van der Waals surface area (Å²) in [5.41, 5.74) is 0.181. The predicted octanol–water partition coefficient (Wildman–Crippen LogP) is 2.71. The Labute approximate surface area is 104 Å². The van der Waals surface area contributed by atoms with Crippen LogP contribution in [0.1, 0.15) is 19.3 Å². The summed E-state index contributed by atoms with van der Waals surface area (Å²) in [6.45, 7) is 0. The molecule has 1 aliphatic rings. The monoisotopic (exact) mass is 254 g/mol. The largest absolute Gasteiger partial charge is 0.379 e. The molecule has 1 aliphatic carbocycles. The number of benzene rings is 1. The molecule has 98 valence electrons. The Hall–Kier alpha value is -1.69. The Morgan fingerprint density at radius 1 is 1.44 bits per heavy atom. The van der Waals surface area contributed by atoms with Gasteiger partial charge in [0.1, 0.15) is 5.82 Å². The molecule has 1 saturated carbocycles. The molecule has 18 heavy (non-hydrogen) atoms. The second-order valence-corrected chi connectivity index (χ2v) is 4.41. The fourth-order valence-electron chi connectivity index (χ4n) is 2.35. The third-order valence-corrected chi connectivity index (χ3v) is 3.20. The van der Waals surface area contributed by atoms with Crippen LogP contribution >= 0.6 is 0 Å². The highest BCUT2D eigenvalue weighted by molar-refractivity contribution is 5.52. The Kier molecular flexibility index (Phi) is 3.76. The number of hydrogen-bond acceptors (Lipinski definition) is 4. The van der Waals surface area contributed by atoms with Crippen LogP contribution in [-0.4, -0.2) is 24.2 Å². The Balaban J connectivity index is 2.16. The van der Waals surface area contributed by atoms with Gasteiger partial charge in [-0.2, -0.15) is 0 Å². The van der Waals surface area contributed by atoms with Crippen molar-refractivity contribution in [3.63, 3.8) is 0 Å². The first-order valence-electron chi connectivity index (χ1n) is 5.84. The number of non-ortho nitro benzene ring substituents is 1. The summed E-state index contributed by atoms with van der Waals surface area (Å²) < 4.78 is 18.6. The zero-order chi connectivity index (χ0) is 13.1. The summed E-state index contributed by atoms with van der Waals surface area (Å²) in [7, 11) is 1.64. The molecular formula is C12H15FN2O3. The van der Waals surface area contributed by atoms with E-state index in [4.69, 9.17) is 4.74 Å². The van der Waals surface area contributed by atoms with Gasteiger partial charge in [-0.05, 0) is 25.3 Å². The third-order valence-electron chi connectivity index (χ3n) is 3.20. The molecular weight excluding hydrogens is 239 g/mol. The average Bonchev–Trinajstić information content (AvgIpc) is 2.75. The smallest absolute Gasteiger partial charge is 0.274 e. The first-order valence-corrected chi connectivity index (χ1v) is 5.84. The van der Waals surface area contributed by atoms with Gasteiger partial charge in [-0.25, -0.2) is 4.39 Å². The van der Waals surface area contributed by atoms with Gasteiger partial charge >= 0.3 is 0 Å². The van der Waals surface area contributed by atoms with Crippen molar-refractivity contribution in [3.05, 3.63) is 34.1 Å². The molecule has 1 aromatic carbocycles. The van der Waals surface area contributed by atoms with Crippen molar-refractivity contribution in [1.29, 1.82) is 0 Å². The number of rotatable bonds is 4. The lowest BCUT2D eigenvalue weighted by molar-refractivity contribution is -0.385. The van der Waals surface area contributed by atoms with Gasteiger partial charge in [0.25, 0.3) is 5.69 Å². The number of halogens is 1. The number of nitro groups is 1. The third kappa shape index (κ3) is 2.76. The van der Waals surface area contributed by atoms with E-state index in [0.29, 0.717) is 5.69 Å². The lowest BCUT2D eigenvalue weighted by Gasteiger charge is -2.20. The fraction of sp³-hybridized carbons (Fsp3) is 0.500. The van der Waals surface area contributed by atoms with Crippen molar-refractivity contribution in [1.82, 2.24) is 0 Å². The summed E-state index contributed by atoms with van der Waals surface area (Å²) >= 11 is 0. The summed E-state index contributed by atoms with van der Waals surface area (Å²) in [5.74, 6) is -0.612. The van der Waals surface area contributed by atoms with E-state index in [9.17, 15) is 14.5 Å². The minimum absolute atomic E-state index is 0.0762. The van der Waals surface area contributed by atoms with Gasteiger partial charge in [-0.3, -0.25) is 10.1 Å². The molecule has 0 aliphatic heterocycles. The van der Waals surface area contributed by atoms with Crippen LogP contribution in [0.15, 0.2) is 18.2 Å². The summed E-state index contributed by atoms with van der Waals surface area (Å²) in [6, 6.07) is 3.59. The normalized spacial score (nSPS) is 23.0. The number of nitrogens with one attached hydrogen (secondary N) is 1. The van der Waals surface area contributed by atoms with Crippen LogP contribution in [0.3, 0.4) is 0 Å². The van der Waals surface area contributed by atoms with E-state index in [-0.39, 0.29) is 17.8 Å². The standard InChI is InChI=1S/C12H15FN2O3/c1-18-12-4-2-3-11(12)14-9-5-8(13)6-10(7-9)15(16)17/h5-7,11-12,14H,2-4H2,1H3. The number of nitro benzene ring substituents is 1. The zero-order valence-electron chi connectivity index (χ0n) is 10.1. The molecule has 6 heteroatoms. The van der Waals surface area contributed by atoms with Gasteiger partial charge < -0.3 is 10.1 Å². The van der Waals surface area contributed by atoms with Crippen molar-refractivity contribution >= 4 is 11.4 Å². The molecule has 1 aromatic rings. The fourth-order valence-corrected chi connectivity index (χ4v) is 2.35. The second-order valence-electron chi connectivity index (χ2n) is 4.41. The first-order chi connectivity index (χ1) is 8.60. The van der Waals surface area contributed by atoms with Crippen molar-refractivity contribution < 1.29 is 14.1 Å². The van der Waals surface area contributed by atoms with Crippen LogP contribution < -0.4 is 5.32 Å². The quantitative estimate of drug-likeness (QED) is 0.662. The van der Waals surface area contributed by atoms with Crippen LogP contribution in [0.4, 0.5) is 15.8 Å². The average molecular weight is 254 g/mol. The summed E-state index contributed by atoms with van der Waals surface area (Å²) in [6.07, 6.45) is 2.98. The topological polar surface area (TPSA) is 64.4 Å². The van der Waals surface area contributed by atoms with E-state index >= 15 is 0 Å². The number of ether oxygens (including phenoxy) is 1. The molecule has 0 heterocycles. The van der Waals surface area contributed by atoms with Gasteiger partial charge in [-0.15, -0.1) is 0 Å². The number of methoxy groups -OCH3 is 1. The van der Waals surface area contributed by atoms with Crippen molar-refractivity contribution in [3.8, 4) is 0 Å². The van der Waals surface area contributed by atoms with Gasteiger partial charge in [0.2, 0.25) is 0 Å². The van der Waals surface area contributed by atoms with E-state index in [1.807, 2.05) is 0 Å². The van der Waals surface area contributed by atoms with E-state index in [0.717, 1.165) is 25.3 Å². The molecule has 0 bridgehead atoms. The molecule has 0 radical (unpaired) electrons. The molecule has 0 saturated heterocycles. The SMILES string of the molecule is COC1CCCC1Nc1cc(F)cc([N+](=O)[O-])c1. The van der Waals surface area contributed by atoms with Gasteiger partial charge in [0, 0.05) is 18.9 Å². The number of anilines is 1.